The normalized spacial score (nSPS) is 17.6. The molecule has 1 saturated heterocycles. The third kappa shape index (κ3) is 4.33. The van der Waals surface area contributed by atoms with E-state index in [1.807, 2.05) is 0 Å². The van der Waals surface area contributed by atoms with Crippen LogP contribution in [0.15, 0.2) is 48.5 Å². The molecule has 1 aliphatic rings. The highest BCUT2D eigenvalue weighted by atomic mass is 19.4. The molecule has 1 atom stereocenters. The van der Waals surface area contributed by atoms with Crippen LogP contribution in [0.3, 0.4) is 0 Å². The predicted molar refractivity (Wildman–Crippen MR) is 95.9 cm³/mol. The van der Waals surface area contributed by atoms with Gasteiger partial charge in [-0.1, -0.05) is 36.4 Å². The summed E-state index contributed by atoms with van der Waals surface area (Å²) in [7, 11) is 0. The number of rotatable bonds is 4. The molecule has 1 unspecified atom stereocenters. The average molecular weight is 381 g/mol. The quantitative estimate of drug-likeness (QED) is 0.655. The van der Waals surface area contributed by atoms with Gasteiger partial charge in [-0.25, -0.2) is 4.39 Å². The van der Waals surface area contributed by atoms with Crippen molar-refractivity contribution in [1.82, 2.24) is 4.90 Å². The van der Waals surface area contributed by atoms with Crippen molar-refractivity contribution in [2.75, 3.05) is 13.1 Å². The van der Waals surface area contributed by atoms with Gasteiger partial charge >= 0.3 is 6.18 Å². The molecule has 1 heterocycles. The van der Waals surface area contributed by atoms with Crippen LogP contribution in [-0.2, 0) is 10.9 Å². The molecule has 0 saturated carbocycles. The Labute approximate surface area is 156 Å². The molecule has 0 aliphatic carbocycles. The summed E-state index contributed by atoms with van der Waals surface area (Å²) in [6.07, 6.45) is -5.91. The number of nitrogens with zero attached hydrogens (tertiary/aromatic N) is 1. The third-order valence-electron chi connectivity index (χ3n) is 4.86. The molecular formula is C21H23F4NO. The van der Waals surface area contributed by atoms with Gasteiger partial charge in [0.15, 0.2) is 0 Å². The first-order chi connectivity index (χ1) is 12.6. The van der Waals surface area contributed by atoms with Gasteiger partial charge in [0.2, 0.25) is 0 Å². The monoisotopic (exact) mass is 381 g/mol. The molecule has 0 bridgehead atoms. The fourth-order valence-corrected chi connectivity index (χ4v) is 3.25. The lowest BCUT2D eigenvalue weighted by atomic mass is 9.94. The minimum Gasteiger partial charge on any atom is -0.363 e. The van der Waals surface area contributed by atoms with E-state index < -0.39 is 23.7 Å². The number of halogens is 4. The SMILES string of the molecule is CC(C)(C)N1CC(OC(c2ccccc2F)c2ccccc2C(F)(F)F)C1. The molecule has 2 aromatic rings. The zero-order chi connectivity index (χ0) is 19.8. The summed E-state index contributed by atoms with van der Waals surface area (Å²) in [4.78, 5) is 2.17. The van der Waals surface area contributed by atoms with Crippen molar-refractivity contribution in [1.29, 1.82) is 0 Å². The van der Waals surface area contributed by atoms with Gasteiger partial charge in [-0.2, -0.15) is 13.2 Å². The lowest BCUT2D eigenvalue weighted by molar-refractivity contribution is -0.142. The third-order valence-corrected chi connectivity index (χ3v) is 4.86. The smallest absolute Gasteiger partial charge is 0.363 e. The molecule has 0 amide bonds. The molecule has 3 rings (SSSR count). The zero-order valence-corrected chi connectivity index (χ0v) is 15.6. The second-order valence-corrected chi connectivity index (χ2v) is 7.82. The minimum atomic E-state index is -4.54. The van der Waals surface area contributed by atoms with Crippen molar-refractivity contribution in [3.05, 3.63) is 71.0 Å². The summed E-state index contributed by atoms with van der Waals surface area (Å²) in [6.45, 7) is 7.40. The molecular weight excluding hydrogens is 358 g/mol. The van der Waals surface area contributed by atoms with Crippen molar-refractivity contribution in [2.24, 2.45) is 0 Å². The fraction of sp³-hybridized carbons (Fsp3) is 0.429. The van der Waals surface area contributed by atoms with Gasteiger partial charge < -0.3 is 4.74 Å². The molecule has 0 spiro atoms. The first kappa shape index (κ1) is 19.8. The van der Waals surface area contributed by atoms with Crippen LogP contribution in [0.4, 0.5) is 17.6 Å². The molecule has 6 heteroatoms. The van der Waals surface area contributed by atoms with Gasteiger partial charge in [-0.3, -0.25) is 4.90 Å². The van der Waals surface area contributed by atoms with E-state index in [1.165, 1.54) is 36.4 Å². The molecule has 1 fully saturated rings. The maximum absolute atomic E-state index is 14.4. The van der Waals surface area contributed by atoms with Gasteiger partial charge in [-0.05, 0) is 38.5 Å². The van der Waals surface area contributed by atoms with Crippen LogP contribution in [0.5, 0.6) is 0 Å². The molecule has 2 aromatic carbocycles. The van der Waals surface area contributed by atoms with E-state index >= 15 is 0 Å². The Morgan fingerprint density at radius 2 is 1.48 bits per heavy atom. The Balaban J connectivity index is 1.95. The lowest BCUT2D eigenvalue weighted by Crippen LogP contribution is -2.59. The van der Waals surface area contributed by atoms with E-state index in [4.69, 9.17) is 4.74 Å². The summed E-state index contributed by atoms with van der Waals surface area (Å²) >= 11 is 0. The number of hydrogen-bond donors (Lipinski definition) is 0. The Morgan fingerprint density at radius 1 is 0.926 bits per heavy atom. The first-order valence-corrected chi connectivity index (χ1v) is 8.88. The number of ether oxygens (including phenoxy) is 1. The van der Waals surface area contributed by atoms with Gasteiger partial charge in [0, 0.05) is 24.2 Å². The minimum absolute atomic E-state index is 0.0444. The van der Waals surface area contributed by atoms with E-state index in [-0.39, 0.29) is 22.8 Å². The Morgan fingerprint density at radius 3 is 2.04 bits per heavy atom. The number of benzene rings is 2. The van der Waals surface area contributed by atoms with E-state index in [0.29, 0.717) is 13.1 Å². The van der Waals surface area contributed by atoms with Gasteiger partial charge in [0.1, 0.15) is 11.9 Å². The Hall–Kier alpha value is -1.92. The fourth-order valence-electron chi connectivity index (χ4n) is 3.25. The van der Waals surface area contributed by atoms with Crippen LogP contribution < -0.4 is 0 Å². The van der Waals surface area contributed by atoms with Crippen LogP contribution in [-0.4, -0.2) is 29.6 Å². The molecule has 1 aliphatic heterocycles. The van der Waals surface area contributed by atoms with Gasteiger partial charge in [0.05, 0.1) is 11.7 Å². The summed E-state index contributed by atoms with van der Waals surface area (Å²) < 4.78 is 61.0. The number of likely N-dealkylation sites (tertiary alicyclic amines) is 1. The highest BCUT2D eigenvalue weighted by molar-refractivity contribution is 5.38. The van der Waals surface area contributed by atoms with Crippen molar-refractivity contribution in [2.45, 2.75) is 44.7 Å². The first-order valence-electron chi connectivity index (χ1n) is 8.88. The second kappa shape index (κ2) is 7.24. The van der Waals surface area contributed by atoms with Crippen molar-refractivity contribution in [3.8, 4) is 0 Å². The topological polar surface area (TPSA) is 12.5 Å². The Kier molecular flexibility index (Phi) is 5.32. The maximum Gasteiger partial charge on any atom is 0.416 e. The van der Waals surface area contributed by atoms with Gasteiger partial charge in [-0.15, -0.1) is 0 Å². The van der Waals surface area contributed by atoms with E-state index in [0.717, 1.165) is 6.07 Å². The summed E-state index contributed by atoms with van der Waals surface area (Å²) in [5, 5.41) is 0. The molecule has 0 N–H and O–H groups in total. The number of hydrogen-bond acceptors (Lipinski definition) is 2. The van der Waals surface area contributed by atoms with Crippen molar-refractivity contribution < 1.29 is 22.3 Å². The largest absolute Gasteiger partial charge is 0.416 e. The van der Waals surface area contributed by atoms with Crippen molar-refractivity contribution in [3.63, 3.8) is 0 Å². The summed E-state index contributed by atoms with van der Waals surface area (Å²) in [5.74, 6) is -0.577. The van der Waals surface area contributed by atoms with Crippen LogP contribution in [0.1, 0.15) is 43.6 Å². The highest BCUT2D eigenvalue weighted by Crippen LogP contribution is 2.40. The van der Waals surface area contributed by atoms with Crippen LogP contribution >= 0.6 is 0 Å². The number of alkyl halides is 3. The average Bonchev–Trinajstić information content (AvgIpc) is 2.53. The molecule has 0 radical (unpaired) electrons. The lowest BCUT2D eigenvalue weighted by Gasteiger charge is -2.48. The summed E-state index contributed by atoms with van der Waals surface area (Å²) in [5.41, 5.74) is -0.796. The molecule has 27 heavy (non-hydrogen) atoms. The van der Waals surface area contributed by atoms with E-state index in [2.05, 4.69) is 25.7 Å². The highest BCUT2D eigenvalue weighted by Gasteiger charge is 2.40. The van der Waals surface area contributed by atoms with E-state index in [1.54, 1.807) is 6.07 Å². The predicted octanol–water partition coefficient (Wildman–Crippen LogP) is 5.43. The van der Waals surface area contributed by atoms with Crippen LogP contribution in [0.2, 0.25) is 0 Å². The van der Waals surface area contributed by atoms with Crippen molar-refractivity contribution >= 4 is 0 Å². The van der Waals surface area contributed by atoms with Crippen LogP contribution in [0, 0.1) is 5.82 Å². The Bertz CT molecular complexity index is 791. The molecule has 146 valence electrons. The second-order valence-electron chi connectivity index (χ2n) is 7.82. The molecule has 0 aromatic heterocycles. The van der Waals surface area contributed by atoms with E-state index in [9.17, 15) is 17.6 Å². The molecule has 2 nitrogen and oxygen atoms in total. The maximum atomic E-state index is 14.4. The van der Waals surface area contributed by atoms with Crippen LogP contribution in [0.25, 0.3) is 0 Å². The summed E-state index contributed by atoms with van der Waals surface area (Å²) in [6, 6.07) is 11.1. The standard InChI is InChI=1S/C21H23F4NO/c1-20(2,3)26-12-14(13-26)27-19(16-9-5-7-11-18(16)22)15-8-4-6-10-17(15)21(23,24)25/h4-11,14,19H,12-13H2,1-3H3. The zero-order valence-electron chi connectivity index (χ0n) is 15.6. The van der Waals surface area contributed by atoms with Gasteiger partial charge in [0.25, 0.3) is 0 Å².